The molecule has 6 nitrogen and oxygen atoms in total. The summed E-state index contributed by atoms with van der Waals surface area (Å²) in [5, 5.41) is 15.4. The molecule has 0 aliphatic carbocycles. The molecule has 0 aliphatic heterocycles. The minimum Gasteiger partial charge on any atom is -0.477 e. The highest BCUT2D eigenvalue weighted by Gasteiger charge is 2.22. The molecule has 2 amide bonds. The first-order valence-corrected chi connectivity index (χ1v) is 9.90. The molecule has 0 saturated carbocycles. The summed E-state index contributed by atoms with van der Waals surface area (Å²) in [6, 6.07) is 3.64. The van der Waals surface area contributed by atoms with Crippen molar-refractivity contribution in [2.75, 3.05) is 11.9 Å². The first-order valence-electron chi connectivity index (χ1n) is 7.32. The second-order valence-electron chi connectivity index (χ2n) is 5.53. The van der Waals surface area contributed by atoms with Gasteiger partial charge in [-0.1, -0.05) is 25.6 Å². The molecule has 0 spiro atoms. The van der Waals surface area contributed by atoms with E-state index in [1.54, 1.807) is 11.3 Å². The van der Waals surface area contributed by atoms with E-state index in [4.69, 9.17) is 0 Å². The summed E-state index contributed by atoms with van der Waals surface area (Å²) < 4.78 is 4.19. The van der Waals surface area contributed by atoms with Gasteiger partial charge in [0.1, 0.15) is 15.6 Å². The smallest absolute Gasteiger partial charge is 0.341 e. The standard InChI is InChI=1S/C15H19N3O3S3/c1-8(2)6-16-15(21)17-12-11(14(19)20)13(18-24-12)22-7-10-5-4-9(3)23-10/h4-5,8H,6-7H2,1-3H3,(H,19,20)(H2,16,17,21). The number of hydrogen-bond donors (Lipinski definition) is 3. The molecule has 0 unspecified atom stereocenters. The topological polar surface area (TPSA) is 91.3 Å². The lowest BCUT2D eigenvalue weighted by Gasteiger charge is -2.08. The van der Waals surface area contributed by atoms with Crippen LogP contribution in [0.1, 0.15) is 34.0 Å². The molecule has 130 valence electrons. The van der Waals surface area contributed by atoms with Crippen LogP contribution in [0.3, 0.4) is 0 Å². The van der Waals surface area contributed by atoms with Crippen LogP contribution < -0.4 is 10.6 Å². The fraction of sp³-hybridized carbons (Fsp3) is 0.400. The van der Waals surface area contributed by atoms with E-state index < -0.39 is 12.0 Å². The number of nitrogens with zero attached hydrogens (tertiary/aromatic N) is 1. The minimum absolute atomic E-state index is 0.0537. The third-order valence-electron chi connectivity index (χ3n) is 2.92. The quantitative estimate of drug-likeness (QED) is 0.619. The first kappa shape index (κ1) is 18.8. The first-order chi connectivity index (χ1) is 11.4. The monoisotopic (exact) mass is 385 g/mol. The van der Waals surface area contributed by atoms with Crippen molar-refractivity contribution in [2.24, 2.45) is 5.92 Å². The molecule has 0 atom stereocenters. The van der Waals surface area contributed by atoms with Gasteiger partial charge < -0.3 is 10.4 Å². The van der Waals surface area contributed by atoms with Crippen LogP contribution in [0, 0.1) is 12.8 Å². The van der Waals surface area contributed by atoms with Gasteiger partial charge in [-0.15, -0.1) is 11.3 Å². The Labute approximate surface area is 152 Å². The van der Waals surface area contributed by atoms with Crippen molar-refractivity contribution in [2.45, 2.75) is 31.6 Å². The minimum atomic E-state index is -1.09. The van der Waals surface area contributed by atoms with Gasteiger partial charge in [0.15, 0.2) is 0 Å². The molecule has 0 saturated heterocycles. The largest absolute Gasteiger partial charge is 0.477 e. The lowest BCUT2D eigenvalue weighted by Crippen LogP contribution is -2.31. The van der Waals surface area contributed by atoms with Crippen molar-refractivity contribution in [3.63, 3.8) is 0 Å². The maximum Gasteiger partial charge on any atom is 0.341 e. The van der Waals surface area contributed by atoms with Crippen molar-refractivity contribution < 1.29 is 14.7 Å². The highest BCUT2D eigenvalue weighted by atomic mass is 32.2. The molecule has 2 aromatic heterocycles. The van der Waals surface area contributed by atoms with E-state index >= 15 is 0 Å². The van der Waals surface area contributed by atoms with Crippen molar-refractivity contribution >= 4 is 51.6 Å². The summed E-state index contributed by atoms with van der Waals surface area (Å²) >= 11 is 4.03. The number of aromatic nitrogens is 1. The van der Waals surface area contributed by atoms with Crippen LogP contribution in [0.2, 0.25) is 0 Å². The Hall–Kier alpha value is -1.58. The molecule has 0 bridgehead atoms. The maximum atomic E-state index is 11.8. The molecule has 2 rings (SSSR count). The average Bonchev–Trinajstić information content (AvgIpc) is 3.09. The lowest BCUT2D eigenvalue weighted by atomic mass is 10.2. The number of anilines is 1. The van der Waals surface area contributed by atoms with Gasteiger partial charge in [-0.2, -0.15) is 4.37 Å². The summed E-state index contributed by atoms with van der Waals surface area (Å²) in [6.07, 6.45) is 0. The molecule has 0 aliphatic rings. The summed E-state index contributed by atoms with van der Waals surface area (Å²) in [5.41, 5.74) is 0.0537. The average molecular weight is 386 g/mol. The van der Waals surface area contributed by atoms with Crippen LogP contribution in [0.5, 0.6) is 0 Å². The predicted octanol–water partition coefficient (Wildman–Crippen LogP) is 4.28. The van der Waals surface area contributed by atoms with Gasteiger partial charge in [0.25, 0.3) is 0 Å². The molecule has 24 heavy (non-hydrogen) atoms. The van der Waals surface area contributed by atoms with Crippen LogP contribution in [0.25, 0.3) is 0 Å². The number of hydrogen-bond acceptors (Lipinski definition) is 6. The normalized spacial score (nSPS) is 10.8. The van der Waals surface area contributed by atoms with Crippen LogP contribution in [0.15, 0.2) is 17.2 Å². The third-order valence-corrected chi connectivity index (χ3v) is 6.01. The van der Waals surface area contributed by atoms with Gasteiger partial charge in [-0.25, -0.2) is 9.59 Å². The Morgan fingerprint density at radius 3 is 2.71 bits per heavy atom. The van der Waals surface area contributed by atoms with E-state index in [2.05, 4.69) is 15.0 Å². The lowest BCUT2D eigenvalue weighted by molar-refractivity contribution is 0.0694. The van der Waals surface area contributed by atoms with E-state index in [9.17, 15) is 14.7 Å². The van der Waals surface area contributed by atoms with Gasteiger partial charge >= 0.3 is 12.0 Å². The van der Waals surface area contributed by atoms with Gasteiger partial charge in [-0.3, -0.25) is 5.32 Å². The molecule has 0 radical (unpaired) electrons. The van der Waals surface area contributed by atoms with Gasteiger partial charge in [0.2, 0.25) is 0 Å². The molecule has 2 aromatic rings. The summed E-state index contributed by atoms with van der Waals surface area (Å²) in [4.78, 5) is 25.8. The second-order valence-corrected chi connectivity index (χ2v) is 8.64. The molecular weight excluding hydrogens is 366 g/mol. The zero-order valence-electron chi connectivity index (χ0n) is 13.6. The molecular formula is C15H19N3O3S3. The number of carbonyl (C=O) groups excluding carboxylic acids is 1. The number of amides is 2. The van der Waals surface area contributed by atoms with Crippen molar-refractivity contribution in [3.05, 3.63) is 27.5 Å². The fourth-order valence-corrected chi connectivity index (χ4v) is 4.67. The number of thiophene rings is 1. The van der Waals surface area contributed by atoms with E-state index in [-0.39, 0.29) is 10.6 Å². The number of aromatic carboxylic acids is 1. The van der Waals surface area contributed by atoms with E-state index in [0.717, 1.165) is 16.4 Å². The van der Waals surface area contributed by atoms with Crippen LogP contribution >= 0.6 is 34.6 Å². The zero-order chi connectivity index (χ0) is 17.7. The molecule has 0 aromatic carbocycles. The molecule has 2 heterocycles. The molecule has 9 heteroatoms. The van der Waals surface area contributed by atoms with Crippen molar-refractivity contribution in [1.29, 1.82) is 0 Å². The highest BCUT2D eigenvalue weighted by molar-refractivity contribution is 7.98. The number of aryl methyl sites for hydroxylation is 1. The van der Waals surface area contributed by atoms with E-state index in [1.165, 1.54) is 16.6 Å². The second kappa shape index (κ2) is 8.50. The van der Waals surface area contributed by atoms with Crippen LogP contribution in [-0.2, 0) is 5.75 Å². The Morgan fingerprint density at radius 2 is 2.12 bits per heavy atom. The number of carboxylic acid groups (broad SMARTS) is 1. The number of urea groups is 1. The number of rotatable bonds is 7. The van der Waals surface area contributed by atoms with Crippen LogP contribution in [0.4, 0.5) is 9.80 Å². The van der Waals surface area contributed by atoms with Gasteiger partial charge in [-0.05, 0) is 36.5 Å². The van der Waals surface area contributed by atoms with Crippen molar-refractivity contribution in [1.82, 2.24) is 9.69 Å². The Morgan fingerprint density at radius 1 is 1.38 bits per heavy atom. The van der Waals surface area contributed by atoms with E-state index in [0.29, 0.717) is 23.2 Å². The van der Waals surface area contributed by atoms with Crippen molar-refractivity contribution in [3.8, 4) is 0 Å². The maximum absolute atomic E-state index is 11.8. The summed E-state index contributed by atoms with van der Waals surface area (Å²) in [6.45, 7) is 6.52. The number of nitrogens with one attached hydrogen (secondary N) is 2. The summed E-state index contributed by atoms with van der Waals surface area (Å²) in [5.74, 6) is -0.120. The van der Waals surface area contributed by atoms with Gasteiger partial charge in [0.05, 0.1) is 0 Å². The zero-order valence-corrected chi connectivity index (χ0v) is 16.0. The Bertz CT molecular complexity index is 725. The third kappa shape index (κ3) is 5.22. The predicted molar refractivity (Wildman–Crippen MR) is 99.5 cm³/mol. The van der Waals surface area contributed by atoms with Crippen LogP contribution in [-0.4, -0.2) is 28.0 Å². The fourth-order valence-electron chi connectivity index (χ4n) is 1.79. The number of carbonyl (C=O) groups is 2. The SMILES string of the molecule is Cc1ccc(CSc2nsc(NC(=O)NCC(C)C)c2C(=O)O)s1. The molecule has 0 fully saturated rings. The molecule has 3 N–H and O–H groups in total. The summed E-state index contributed by atoms with van der Waals surface area (Å²) in [7, 11) is 0. The van der Waals surface area contributed by atoms with E-state index in [1.807, 2.05) is 32.9 Å². The number of thioether (sulfide) groups is 1. The van der Waals surface area contributed by atoms with Gasteiger partial charge in [0, 0.05) is 22.1 Å². The Kier molecular flexibility index (Phi) is 6.64. The Balaban J connectivity index is 2.06. The number of carboxylic acids is 1. The highest BCUT2D eigenvalue weighted by Crippen LogP contribution is 2.34.